The molecule has 8 nitrogen and oxygen atoms in total. The van der Waals surface area contributed by atoms with Crippen LogP contribution in [0.2, 0.25) is 0 Å². The molecule has 0 fully saturated rings. The van der Waals surface area contributed by atoms with Crippen molar-refractivity contribution in [3.8, 4) is 0 Å². The second-order valence-electron chi connectivity index (χ2n) is 6.63. The molecule has 0 spiro atoms. The molecule has 8 heteroatoms. The first-order valence-electron chi connectivity index (χ1n) is 9.95. The van der Waals surface area contributed by atoms with E-state index < -0.39 is 12.2 Å². The van der Waals surface area contributed by atoms with Gasteiger partial charge in [0.05, 0.1) is 0 Å². The highest BCUT2D eigenvalue weighted by atomic mass is 16.6. The normalized spacial score (nSPS) is 10.3. The number of carbonyl (C=O) groups excluding carboxylic acids is 2. The van der Waals surface area contributed by atoms with E-state index in [1.807, 2.05) is 60.7 Å². The summed E-state index contributed by atoms with van der Waals surface area (Å²) in [5, 5.41) is 0. The minimum Gasteiger partial charge on any atom is -0.445 e. The van der Waals surface area contributed by atoms with Crippen molar-refractivity contribution in [2.45, 2.75) is 13.2 Å². The Kier molecular flexibility index (Phi) is 10.2. The maximum atomic E-state index is 12.4. The first kappa shape index (κ1) is 23.2. The van der Waals surface area contributed by atoms with E-state index in [4.69, 9.17) is 20.9 Å². The SMILES string of the molecule is NCCN(CCN(CCN)C(=O)OCc1ccccc1)C(=O)OCc1ccccc1. The first-order chi connectivity index (χ1) is 14.6. The van der Waals surface area contributed by atoms with Gasteiger partial charge in [-0.1, -0.05) is 60.7 Å². The number of nitrogens with zero attached hydrogens (tertiary/aromatic N) is 2. The van der Waals surface area contributed by atoms with Crippen molar-refractivity contribution in [3.05, 3.63) is 71.8 Å². The van der Waals surface area contributed by atoms with Crippen molar-refractivity contribution in [2.24, 2.45) is 11.5 Å². The monoisotopic (exact) mass is 414 g/mol. The second kappa shape index (κ2) is 13.2. The Morgan fingerprint density at radius 2 is 1.00 bits per heavy atom. The van der Waals surface area contributed by atoms with Crippen molar-refractivity contribution in [1.82, 2.24) is 9.80 Å². The van der Waals surface area contributed by atoms with E-state index in [1.54, 1.807) is 0 Å². The van der Waals surface area contributed by atoms with Gasteiger partial charge in [0.2, 0.25) is 0 Å². The summed E-state index contributed by atoms with van der Waals surface area (Å²) < 4.78 is 10.7. The maximum absolute atomic E-state index is 12.4. The van der Waals surface area contributed by atoms with Crippen molar-refractivity contribution in [2.75, 3.05) is 39.3 Å². The molecule has 2 aromatic rings. The van der Waals surface area contributed by atoms with Gasteiger partial charge in [-0.3, -0.25) is 0 Å². The van der Waals surface area contributed by atoms with E-state index in [2.05, 4.69) is 0 Å². The second-order valence-corrected chi connectivity index (χ2v) is 6.63. The van der Waals surface area contributed by atoms with Crippen LogP contribution in [0.25, 0.3) is 0 Å². The fourth-order valence-electron chi connectivity index (χ4n) is 2.76. The lowest BCUT2D eigenvalue weighted by Gasteiger charge is -2.26. The smallest absolute Gasteiger partial charge is 0.410 e. The number of ether oxygens (including phenoxy) is 2. The van der Waals surface area contributed by atoms with E-state index in [-0.39, 0.29) is 39.4 Å². The highest BCUT2D eigenvalue weighted by Gasteiger charge is 2.19. The Morgan fingerprint density at radius 1 is 0.633 bits per heavy atom. The fourth-order valence-corrected chi connectivity index (χ4v) is 2.76. The third kappa shape index (κ3) is 8.10. The lowest BCUT2D eigenvalue weighted by molar-refractivity contribution is 0.0797. The molecule has 0 heterocycles. The average Bonchev–Trinajstić information content (AvgIpc) is 2.79. The summed E-state index contributed by atoms with van der Waals surface area (Å²) in [5.41, 5.74) is 13.1. The summed E-state index contributed by atoms with van der Waals surface area (Å²) in [6.45, 7) is 2.10. The molecule has 2 aromatic carbocycles. The molecule has 4 N–H and O–H groups in total. The summed E-state index contributed by atoms with van der Waals surface area (Å²) in [6, 6.07) is 18.8. The number of carbonyl (C=O) groups is 2. The van der Waals surface area contributed by atoms with Gasteiger partial charge in [-0.25, -0.2) is 9.59 Å². The Labute approximate surface area is 177 Å². The molecule has 0 aliphatic heterocycles. The Morgan fingerprint density at radius 3 is 1.33 bits per heavy atom. The first-order valence-corrected chi connectivity index (χ1v) is 9.95. The van der Waals surface area contributed by atoms with E-state index in [0.29, 0.717) is 13.1 Å². The Hall–Kier alpha value is -3.10. The van der Waals surface area contributed by atoms with Gasteiger partial charge in [-0.15, -0.1) is 0 Å². The van der Waals surface area contributed by atoms with Crippen LogP contribution < -0.4 is 11.5 Å². The summed E-state index contributed by atoms with van der Waals surface area (Å²) in [5.74, 6) is 0. The predicted molar refractivity (Wildman–Crippen MR) is 115 cm³/mol. The Balaban J connectivity index is 1.86. The minimum absolute atomic E-state index is 0.173. The molecule has 0 unspecified atom stereocenters. The zero-order chi connectivity index (χ0) is 21.6. The Bertz CT molecular complexity index is 693. The number of hydrogen-bond acceptors (Lipinski definition) is 6. The standard InChI is InChI=1S/C22H30N4O4/c23-11-13-25(21(27)29-17-19-7-3-1-4-8-19)15-16-26(14-12-24)22(28)30-18-20-9-5-2-6-10-20/h1-10H,11-18,23-24H2. The molecule has 2 amide bonds. The lowest BCUT2D eigenvalue weighted by atomic mass is 10.2. The number of nitrogens with two attached hydrogens (primary N) is 2. The van der Waals surface area contributed by atoms with E-state index >= 15 is 0 Å². The van der Waals surface area contributed by atoms with E-state index in [9.17, 15) is 9.59 Å². The van der Waals surface area contributed by atoms with Gasteiger partial charge in [0.25, 0.3) is 0 Å². The highest BCUT2D eigenvalue weighted by molar-refractivity contribution is 5.69. The topological polar surface area (TPSA) is 111 Å². The quantitative estimate of drug-likeness (QED) is 0.583. The van der Waals surface area contributed by atoms with Crippen LogP contribution in [0.3, 0.4) is 0 Å². The lowest BCUT2D eigenvalue weighted by Crippen LogP contribution is -2.44. The van der Waals surface area contributed by atoms with Crippen molar-refractivity contribution < 1.29 is 19.1 Å². The molecule has 0 bridgehead atoms. The van der Waals surface area contributed by atoms with Crippen molar-refractivity contribution >= 4 is 12.2 Å². The molecule has 0 saturated heterocycles. The van der Waals surface area contributed by atoms with Crippen molar-refractivity contribution in [1.29, 1.82) is 0 Å². The molecule has 0 aromatic heterocycles. The van der Waals surface area contributed by atoms with Crippen LogP contribution in [-0.2, 0) is 22.7 Å². The molecule has 0 atom stereocenters. The fraction of sp³-hybridized carbons (Fsp3) is 0.364. The number of benzene rings is 2. The van der Waals surface area contributed by atoms with Gasteiger partial charge in [0, 0.05) is 39.3 Å². The molecule has 0 aliphatic rings. The van der Waals surface area contributed by atoms with Gasteiger partial charge >= 0.3 is 12.2 Å². The van der Waals surface area contributed by atoms with Gasteiger partial charge in [0.15, 0.2) is 0 Å². The molecule has 0 saturated carbocycles. The van der Waals surface area contributed by atoms with Crippen LogP contribution in [0.5, 0.6) is 0 Å². The average molecular weight is 415 g/mol. The van der Waals surface area contributed by atoms with Gasteiger partial charge in [-0.05, 0) is 11.1 Å². The molecule has 0 aliphatic carbocycles. The number of hydrogen-bond donors (Lipinski definition) is 2. The third-order valence-electron chi connectivity index (χ3n) is 4.36. The molecular formula is C22H30N4O4. The van der Waals surface area contributed by atoms with Crippen LogP contribution in [0.4, 0.5) is 9.59 Å². The molecule has 30 heavy (non-hydrogen) atoms. The van der Waals surface area contributed by atoms with Crippen LogP contribution >= 0.6 is 0 Å². The molecule has 0 radical (unpaired) electrons. The molecule has 162 valence electrons. The zero-order valence-corrected chi connectivity index (χ0v) is 17.1. The number of amides is 2. The highest BCUT2D eigenvalue weighted by Crippen LogP contribution is 2.06. The molecular weight excluding hydrogens is 384 g/mol. The van der Waals surface area contributed by atoms with Crippen LogP contribution in [0, 0.1) is 0 Å². The van der Waals surface area contributed by atoms with E-state index in [1.165, 1.54) is 9.80 Å². The third-order valence-corrected chi connectivity index (χ3v) is 4.36. The summed E-state index contributed by atoms with van der Waals surface area (Å²) >= 11 is 0. The minimum atomic E-state index is -0.477. The summed E-state index contributed by atoms with van der Waals surface area (Å²) in [4.78, 5) is 27.9. The predicted octanol–water partition coefficient (Wildman–Crippen LogP) is 2.18. The van der Waals surface area contributed by atoms with Gasteiger partial charge in [0.1, 0.15) is 13.2 Å². The summed E-state index contributed by atoms with van der Waals surface area (Å²) in [7, 11) is 0. The maximum Gasteiger partial charge on any atom is 0.410 e. The number of rotatable bonds is 11. The van der Waals surface area contributed by atoms with Gasteiger partial charge in [-0.2, -0.15) is 0 Å². The van der Waals surface area contributed by atoms with Gasteiger partial charge < -0.3 is 30.7 Å². The summed E-state index contributed by atoms with van der Waals surface area (Å²) in [6.07, 6.45) is -0.954. The largest absolute Gasteiger partial charge is 0.445 e. The van der Waals surface area contributed by atoms with Crippen LogP contribution in [-0.4, -0.2) is 61.3 Å². The van der Waals surface area contributed by atoms with Crippen LogP contribution in [0.15, 0.2) is 60.7 Å². The van der Waals surface area contributed by atoms with Crippen molar-refractivity contribution in [3.63, 3.8) is 0 Å². The zero-order valence-electron chi connectivity index (χ0n) is 17.1. The van der Waals surface area contributed by atoms with E-state index in [0.717, 1.165) is 11.1 Å². The molecule has 2 rings (SSSR count). The van der Waals surface area contributed by atoms with Crippen LogP contribution in [0.1, 0.15) is 11.1 Å².